The van der Waals surface area contributed by atoms with Crippen molar-refractivity contribution >= 4 is 34.9 Å². The first-order chi connectivity index (χ1) is 18.4. The molecule has 2 heterocycles. The molecule has 1 amide bonds. The average Bonchev–Trinajstić information content (AvgIpc) is 2.94. The van der Waals surface area contributed by atoms with Crippen molar-refractivity contribution < 1.29 is 14.3 Å². The van der Waals surface area contributed by atoms with Crippen molar-refractivity contribution in [2.24, 2.45) is 10.2 Å². The summed E-state index contributed by atoms with van der Waals surface area (Å²) in [6.45, 7) is 11.1. The number of ether oxygens (including phenoxy) is 2. The van der Waals surface area contributed by atoms with Gasteiger partial charge in [0, 0.05) is 42.4 Å². The van der Waals surface area contributed by atoms with Gasteiger partial charge in [-0.05, 0) is 48.4 Å². The van der Waals surface area contributed by atoms with E-state index in [1.165, 1.54) is 6.92 Å². The molecule has 1 N–H and O–H groups in total. The van der Waals surface area contributed by atoms with Crippen LogP contribution in [0.4, 0.5) is 11.4 Å². The zero-order chi connectivity index (χ0) is 26.6. The lowest BCUT2D eigenvalue weighted by molar-refractivity contribution is -0.118. The van der Waals surface area contributed by atoms with E-state index in [1.807, 2.05) is 35.3 Å². The minimum Gasteiger partial charge on any atom is -0.497 e. The highest BCUT2D eigenvalue weighted by molar-refractivity contribution is 6.18. The molecule has 1 fully saturated rings. The predicted octanol–water partition coefficient (Wildman–Crippen LogP) is 4.55. The summed E-state index contributed by atoms with van der Waals surface area (Å²) in [6.07, 6.45) is 1.59. The molecule has 0 saturated carbocycles. The number of nitrogens with zero attached hydrogens (tertiary/aromatic N) is 4. The molecule has 194 valence electrons. The molecule has 0 bridgehead atoms. The number of anilines is 2. The van der Waals surface area contributed by atoms with Crippen LogP contribution in [0.1, 0.15) is 34.7 Å². The summed E-state index contributed by atoms with van der Waals surface area (Å²) < 4.78 is 11.1. The second kappa shape index (κ2) is 10.9. The Labute approximate surface area is 222 Å². The minimum absolute atomic E-state index is 0.237. The van der Waals surface area contributed by atoms with E-state index in [1.54, 1.807) is 13.3 Å². The van der Waals surface area contributed by atoms with Crippen molar-refractivity contribution in [3.05, 3.63) is 95.1 Å². The predicted molar refractivity (Wildman–Crippen MR) is 152 cm³/mol. The van der Waals surface area contributed by atoms with Gasteiger partial charge in [-0.25, -0.2) is 10.4 Å². The van der Waals surface area contributed by atoms with Gasteiger partial charge in [-0.1, -0.05) is 36.9 Å². The van der Waals surface area contributed by atoms with E-state index in [2.05, 4.69) is 59.3 Å². The van der Waals surface area contributed by atoms with Crippen LogP contribution >= 0.6 is 0 Å². The van der Waals surface area contributed by atoms with E-state index in [4.69, 9.17) is 14.6 Å². The SMILES string of the molecule is C=C1c2ccccc2C(c2cc(/C=N/NC(C)=O)cc(OC)c2)=NN1c1cc(N2CCOCC2)ccc1C. The van der Waals surface area contributed by atoms with Gasteiger partial charge < -0.3 is 14.4 Å². The molecule has 1 saturated heterocycles. The van der Waals surface area contributed by atoms with Crippen LogP contribution in [-0.2, 0) is 9.53 Å². The number of benzene rings is 3. The molecule has 38 heavy (non-hydrogen) atoms. The lowest BCUT2D eigenvalue weighted by atomic mass is 9.93. The number of fused-ring (bicyclic) bond motifs is 1. The first kappa shape index (κ1) is 25.2. The van der Waals surface area contributed by atoms with Crippen LogP contribution in [0.5, 0.6) is 5.75 Å². The van der Waals surface area contributed by atoms with E-state index >= 15 is 0 Å². The molecule has 8 heteroatoms. The number of nitrogens with one attached hydrogen (secondary N) is 1. The van der Waals surface area contributed by atoms with Crippen molar-refractivity contribution in [3.63, 3.8) is 0 Å². The number of hydrogen-bond donors (Lipinski definition) is 1. The lowest BCUT2D eigenvalue weighted by Gasteiger charge is -2.33. The number of hydrazone groups is 2. The van der Waals surface area contributed by atoms with Crippen LogP contribution in [0, 0.1) is 6.92 Å². The Bertz CT molecular complexity index is 1440. The number of aryl methyl sites for hydroxylation is 1. The maximum atomic E-state index is 11.3. The van der Waals surface area contributed by atoms with Crippen molar-refractivity contribution in [1.29, 1.82) is 0 Å². The van der Waals surface area contributed by atoms with Gasteiger partial charge in [-0.15, -0.1) is 0 Å². The third kappa shape index (κ3) is 5.17. The monoisotopic (exact) mass is 509 g/mol. The first-order valence-corrected chi connectivity index (χ1v) is 12.5. The van der Waals surface area contributed by atoms with E-state index in [0.717, 1.165) is 76.9 Å². The van der Waals surface area contributed by atoms with Gasteiger partial charge in [-0.2, -0.15) is 10.2 Å². The molecule has 0 aromatic heterocycles. The Morgan fingerprint density at radius 3 is 2.61 bits per heavy atom. The number of carbonyl (C=O) groups excluding carboxylic acids is 1. The summed E-state index contributed by atoms with van der Waals surface area (Å²) in [6, 6.07) is 20.4. The van der Waals surface area contributed by atoms with Crippen LogP contribution < -0.4 is 20.1 Å². The van der Waals surface area contributed by atoms with Crippen LogP contribution in [0.3, 0.4) is 0 Å². The number of carbonyl (C=O) groups is 1. The Kier molecular flexibility index (Phi) is 7.24. The zero-order valence-corrected chi connectivity index (χ0v) is 21.9. The highest BCUT2D eigenvalue weighted by Gasteiger charge is 2.26. The largest absolute Gasteiger partial charge is 0.497 e. The Balaban J connectivity index is 1.62. The topological polar surface area (TPSA) is 78.8 Å². The fourth-order valence-corrected chi connectivity index (χ4v) is 4.68. The minimum atomic E-state index is -0.237. The van der Waals surface area contributed by atoms with Gasteiger partial charge in [0.25, 0.3) is 0 Å². The molecule has 3 aromatic rings. The summed E-state index contributed by atoms with van der Waals surface area (Å²) in [5.41, 5.74) is 10.9. The third-order valence-corrected chi connectivity index (χ3v) is 6.62. The van der Waals surface area contributed by atoms with E-state index in [0.29, 0.717) is 5.75 Å². The quantitative estimate of drug-likeness (QED) is 0.390. The third-order valence-electron chi connectivity index (χ3n) is 6.62. The van der Waals surface area contributed by atoms with Gasteiger partial charge in [0.15, 0.2) is 0 Å². The number of hydrogen-bond acceptors (Lipinski definition) is 7. The maximum absolute atomic E-state index is 11.3. The summed E-state index contributed by atoms with van der Waals surface area (Å²) in [5.74, 6) is 0.423. The van der Waals surface area contributed by atoms with Gasteiger partial charge in [0.05, 0.1) is 43.6 Å². The van der Waals surface area contributed by atoms with Crippen molar-refractivity contribution in [3.8, 4) is 5.75 Å². The summed E-state index contributed by atoms with van der Waals surface area (Å²) in [5, 5.41) is 11.1. The molecule has 3 aromatic carbocycles. The smallest absolute Gasteiger partial charge is 0.236 e. The maximum Gasteiger partial charge on any atom is 0.236 e. The molecule has 8 nitrogen and oxygen atoms in total. The van der Waals surface area contributed by atoms with Gasteiger partial charge >= 0.3 is 0 Å². The first-order valence-electron chi connectivity index (χ1n) is 12.5. The highest BCUT2D eigenvalue weighted by Crippen LogP contribution is 2.37. The fourth-order valence-electron chi connectivity index (χ4n) is 4.68. The van der Waals surface area contributed by atoms with Crippen LogP contribution in [0.2, 0.25) is 0 Å². The second-order valence-corrected chi connectivity index (χ2v) is 9.24. The molecule has 0 unspecified atom stereocenters. The number of morpholine rings is 1. The normalized spacial score (nSPS) is 15.3. The van der Waals surface area contributed by atoms with Crippen molar-refractivity contribution in [2.45, 2.75) is 13.8 Å². The number of rotatable bonds is 6. The summed E-state index contributed by atoms with van der Waals surface area (Å²) in [7, 11) is 1.62. The molecule has 2 aliphatic heterocycles. The van der Waals surface area contributed by atoms with Crippen LogP contribution in [-0.4, -0.2) is 51.2 Å². The van der Waals surface area contributed by atoms with Crippen LogP contribution in [0.25, 0.3) is 5.70 Å². The molecule has 0 radical (unpaired) electrons. The Morgan fingerprint density at radius 2 is 1.87 bits per heavy atom. The van der Waals surface area contributed by atoms with Gasteiger partial charge in [0.1, 0.15) is 5.75 Å². The molecule has 0 spiro atoms. The Morgan fingerprint density at radius 1 is 1.11 bits per heavy atom. The van der Waals surface area contributed by atoms with Gasteiger partial charge in [0.2, 0.25) is 5.91 Å². The second-order valence-electron chi connectivity index (χ2n) is 9.24. The standard InChI is InChI=1S/C30H31N5O3/c1-20-9-10-25(34-11-13-38-14-12-34)18-29(20)35-21(2)27-7-5-6-8-28(27)30(33-35)24-15-23(16-26(17-24)37-4)19-31-32-22(3)36/h5-10,15-19H,2,11-14H2,1,3-4H3,(H,32,36)/b31-19+. The lowest BCUT2D eigenvalue weighted by Crippen LogP contribution is -2.36. The molecule has 5 rings (SSSR count). The van der Waals surface area contributed by atoms with Gasteiger partial charge in [-0.3, -0.25) is 4.79 Å². The number of amides is 1. The fraction of sp³-hybridized carbons (Fsp3) is 0.233. The van der Waals surface area contributed by atoms with Crippen LogP contribution in [0.15, 0.2) is 77.4 Å². The number of methoxy groups -OCH3 is 1. The van der Waals surface area contributed by atoms with Crippen molar-refractivity contribution in [1.82, 2.24) is 5.43 Å². The van der Waals surface area contributed by atoms with Crippen molar-refractivity contribution in [2.75, 3.05) is 43.3 Å². The van der Waals surface area contributed by atoms with E-state index < -0.39 is 0 Å². The molecular weight excluding hydrogens is 478 g/mol. The Hall–Kier alpha value is -4.43. The summed E-state index contributed by atoms with van der Waals surface area (Å²) >= 11 is 0. The van der Waals surface area contributed by atoms with E-state index in [-0.39, 0.29) is 5.91 Å². The highest BCUT2D eigenvalue weighted by atomic mass is 16.5. The summed E-state index contributed by atoms with van der Waals surface area (Å²) in [4.78, 5) is 13.6. The molecule has 0 atom stereocenters. The average molecular weight is 510 g/mol. The molecule has 0 aliphatic carbocycles. The zero-order valence-electron chi connectivity index (χ0n) is 21.9. The molecular formula is C30H31N5O3. The molecule has 2 aliphatic rings. The van der Waals surface area contributed by atoms with E-state index in [9.17, 15) is 4.79 Å².